The summed E-state index contributed by atoms with van der Waals surface area (Å²) >= 11 is 0. The topological polar surface area (TPSA) is 50.8 Å². The van der Waals surface area contributed by atoms with Gasteiger partial charge in [0.05, 0.1) is 35.3 Å². The van der Waals surface area contributed by atoms with Crippen molar-refractivity contribution in [2.75, 3.05) is 7.11 Å². The molecule has 2 aromatic carbocycles. The zero-order chi connectivity index (χ0) is 15.0. The Morgan fingerprint density at radius 1 is 1.29 bits per heavy atom. The molecular formula is C16H12FN3O. The van der Waals surface area contributed by atoms with Crippen LogP contribution in [0.3, 0.4) is 0 Å². The lowest BCUT2D eigenvalue weighted by Crippen LogP contribution is -1.98. The van der Waals surface area contributed by atoms with Crippen molar-refractivity contribution < 1.29 is 9.13 Å². The van der Waals surface area contributed by atoms with Crippen LogP contribution in [0.25, 0.3) is 22.4 Å². The largest absolute Gasteiger partial charge is 0.496 e. The monoisotopic (exact) mass is 281 g/mol. The van der Waals surface area contributed by atoms with Crippen LogP contribution in [-0.2, 0) is 7.05 Å². The molecule has 3 aromatic rings. The minimum Gasteiger partial charge on any atom is -0.496 e. The van der Waals surface area contributed by atoms with Gasteiger partial charge >= 0.3 is 0 Å². The Labute approximate surface area is 121 Å². The lowest BCUT2D eigenvalue weighted by molar-refractivity contribution is 0.413. The van der Waals surface area contributed by atoms with Crippen LogP contribution in [0.2, 0.25) is 0 Å². The van der Waals surface area contributed by atoms with Crippen molar-refractivity contribution in [3.63, 3.8) is 0 Å². The molecule has 0 aliphatic rings. The molecule has 0 radical (unpaired) electrons. The fourth-order valence-corrected chi connectivity index (χ4v) is 2.37. The second-order valence-electron chi connectivity index (χ2n) is 4.63. The zero-order valence-electron chi connectivity index (χ0n) is 11.6. The number of halogens is 1. The smallest absolute Gasteiger partial charge is 0.147 e. The summed E-state index contributed by atoms with van der Waals surface area (Å²) in [6.07, 6.45) is 0. The van der Waals surface area contributed by atoms with E-state index in [4.69, 9.17) is 10.00 Å². The second kappa shape index (κ2) is 4.91. The van der Waals surface area contributed by atoms with Crippen molar-refractivity contribution >= 4 is 11.0 Å². The van der Waals surface area contributed by atoms with Crippen LogP contribution in [0.5, 0.6) is 5.75 Å². The SMILES string of the molecule is COc1cccc(F)c1-c1nc2ccc(C#N)cc2n1C. The Hall–Kier alpha value is -2.87. The van der Waals surface area contributed by atoms with Crippen LogP contribution in [0.4, 0.5) is 4.39 Å². The first kappa shape index (κ1) is 13.1. The van der Waals surface area contributed by atoms with Gasteiger partial charge in [0.2, 0.25) is 0 Å². The van der Waals surface area contributed by atoms with Crippen molar-refractivity contribution in [1.29, 1.82) is 5.26 Å². The molecule has 1 aromatic heterocycles. The van der Waals surface area contributed by atoms with Crippen LogP contribution < -0.4 is 4.74 Å². The summed E-state index contributed by atoms with van der Waals surface area (Å²) in [5.41, 5.74) is 2.33. The number of aryl methyl sites for hydroxylation is 1. The molecule has 0 aliphatic heterocycles. The minimum absolute atomic E-state index is 0.317. The molecule has 0 amide bonds. The fourth-order valence-electron chi connectivity index (χ4n) is 2.37. The molecule has 0 saturated carbocycles. The molecular weight excluding hydrogens is 269 g/mol. The molecule has 0 atom stereocenters. The molecule has 0 saturated heterocycles. The van der Waals surface area contributed by atoms with Crippen LogP contribution in [0.1, 0.15) is 5.56 Å². The number of aromatic nitrogens is 2. The van der Waals surface area contributed by atoms with Gasteiger partial charge in [-0.15, -0.1) is 0 Å². The van der Waals surface area contributed by atoms with E-state index in [1.165, 1.54) is 13.2 Å². The van der Waals surface area contributed by atoms with Gasteiger partial charge in [-0.3, -0.25) is 0 Å². The van der Waals surface area contributed by atoms with E-state index in [9.17, 15) is 4.39 Å². The van der Waals surface area contributed by atoms with E-state index in [0.29, 0.717) is 28.2 Å². The van der Waals surface area contributed by atoms with Crippen LogP contribution in [-0.4, -0.2) is 16.7 Å². The Bertz CT molecular complexity index is 877. The number of hydrogen-bond acceptors (Lipinski definition) is 3. The first-order valence-corrected chi connectivity index (χ1v) is 6.35. The quantitative estimate of drug-likeness (QED) is 0.724. The maximum atomic E-state index is 14.2. The summed E-state index contributed by atoms with van der Waals surface area (Å²) in [6, 6.07) is 11.9. The average molecular weight is 281 g/mol. The normalized spacial score (nSPS) is 10.6. The number of nitrogens with zero attached hydrogens (tertiary/aromatic N) is 3. The highest BCUT2D eigenvalue weighted by molar-refractivity contribution is 5.83. The maximum Gasteiger partial charge on any atom is 0.147 e. The van der Waals surface area contributed by atoms with E-state index in [2.05, 4.69) is 11.1 Å². The summed E-state index contributed by atoms with van der Waals surface area (Å²) < 4.78 is 21.2. The molecule has 0 N–H and O–H groups in total. The molecule has 0 aliphatic carbocycles. The van der Waals surface area contributed by atoms with Gasteiger partial charge in [-0.2, -0.15) is 5.26 Å². The van der Waals surface area contributed by atoms with Gasteiger partial charge in [-0.25, -0.2) is 9.37 Å². The van der Waals surface area contributed by atoms with E-state index >= 15 is 0 Å². The van der Waals surface area contributed by atoms with Crippen molar-refractivity contribution in [3.05, 3.63) is 47.8 Å². The van der Waals surface area contributed by atoms with E-state index < -0.39 is 5.82 Å². The Kier molecular flexibility index (Phi) is 3.07. The van der Waals surface area contributed by atoms with Crippen molar-refractivity contribution in [1.82, 2.24) is 9.55 Å². The number of fused-ring (bicyclic) bond motifs is 1. The number of imidazole rings is 1. The molecule has 104 valence electrons. The molecule has 0 bridgehead atoms. The van der Waals surface area contributed by atoms with Crippen LogP contribution >= 0.6 is 0 Å². The first-order valence-electron chi connectivity index (χ1n) is 6.35. The molecule has 0 fully saturated rings. The number of hydrogen-bond donors (Lipinski definition) is 0. The number of nitriles is 1. The molecule has 1 heterocycles. The molecule has 21 heavy (non-hydrogen) atoms. The molecule has 5 heteroatoms. The molecule has 0 unspecified atom stereocenters. The van der Waals surface area contributed by atoms with E-state index in [1.54, 1.807) is 41.9 Å². The third kappa shape index (κ3) is 2.01. The highest BCUT2D eigenvalue weighted by Crippen LogP contribution is 2.33. The van der Waals surface area contributed by atoms with Gasteiger partial charge in [0.1, 0.15) is 17.4 Å². The number of benzene rings is 2. The predicted molar refractivity (Wildman–Crippen MR) is 77.4 cm³/mol. The fraction of sp³-hybridized carbons (Fsp3) is 0.125. The van der Waals surface area contributed by atoms with Gasteiger partial charge in [-0.05, 0) is 30.3 Å². The van der Waals surface area contributed by atoms with Gasteiger partial charge in [0.25, 0.3) is 0 Å². The van der Waals surface area contributed by atoms with Gasteiger partial charge in [0, 0.05) is 7.05 Å². The van der Waals surface area contributed by atoms with Gasteiger partial charge in [-0.1, -0.05) is 6.07 Å². The average Bonchev–Trinajstić information content (AvgIpc) is 2.83. The summed E-state index contributed by atoms with van der Waals surface area (Å²) in [5, 5.41) is 8.98. The number of methoxy groups -OCH3 is 1. The Morgan fingerprint density at radius 2 is 2.10 bits per heavy atom. The molecule has 4 nitrogen and oxygen atoms in total. The Morgan fingerprint density at radius 3 is 2.81 bits per heavy atom. The predicted octanol–water partition coefficient (Wildman–Crippen LogP) is 3.26. The van der Waals surface area contributed by atoms with Crippen molar-refractivity contribution in [2.24, 2.45) is 7.05 Å². The third-order valence-corrected chi connectivity index (χ3v) is 3.43. The summed E-state index contributed by atoms with van der Waals surface area (Å²) in [5.74, 6) is 0.497. The Balaban J connectivity index is 2.32. The van der Waals surface area contributed by atoms with Crippen LogP contribution in [0.15, 0.2) is 36.4 Å². The lowest BCUT2D eigenvalue weighted by Gasteiger charge is -2.09. The minimum atomic E-state index is -0.395. The van der Waals surface area contributed by atoms with Gasteiger partial charge < -0.3 is 9.30 Å². The second-order valence-corrected chi connectivity index (χ2v) is 4.63. The summed E-state index contributed by atoms with van der Waals surface area (Å²) in [7, 11) is 3.28. The molecule has 0 spiro atoms. The number of rotatable bonds is 2. The first-order chi connectivity index (χ1) is 10.2. The summed E-state index contributed by atoms with van der Waals surface area (Å²) in [6.45, 7) is 0. The lowest BCUT2D eigenvalue weighted by atomic mass is 10.1. The highest BCUT2D eigenvalue weighted by atomic mass is 19.1. The van der Waals surface area contributed by atoms with Gasteiger partial charge in [0.15, 0.2) is 0 Å². The highest BCUT2D eigenvalue weighted by Gasteiger charge is 2.18. The van der Waals surface area contributed by atoms with Crippen molar-refractivity contribution in [3.8, 4) is 23.2 Å². The van der Waals surface area contributed by atoms with E-state index in [0.717, 1.165) is 5.52 Å². The van der Waals surface area contributed by atoms with E-state index in [1.807, 2.05) is 0 Å². The third-order valence-electron chi connectivity index (χ3n) is 3.43. The number of ether oxygens (including phenoxy) is 1. The standard InChI is InChI=1S/C16H12FN3O/c1-20-13-8-10(9-18)6-7-12(13)19-16(20)15-11(17)4-3-5-14(15)21-2/h3-8H,1-2H3. The summed E-state index contributed by atoms with van der Waals surface area (Å²) in [4.78, 5) is 4.46. The van der Waals surface area contributed by atoms with E-state index in [-0.39, 0.29) is 0 Å². The van der Waals surface area contributed by atoms with Crippen molar-refractivity contribution in [2.45, 2.75) is 0 Å². The zero-order valence-corrected chi connectivity index (χ0v) is 11.6. The molecule has 3 rings (SSSR count). The van der Waals surface area contributed by atoms with Crippen LogP contribution in [0, 0.1) is 17.1 Å². The maximum absolute atomic E-state index is 14.2.